The Labute approximate surface area is 487 Å². The molecule has 0 radical (unpaired) electrons. The fourth-order valence-electron chi connectivity index (χ4n) is 8.40. The SMILES string of the molecule is CC(C)(C)OC(=O)NCCC[C@@H](CNC(=O)[C@H](CCCN(C(=O)O)C(C)(C)C)NC(=O)[C@@H]1Cc2cc(ccc2O)-c2ccc(O)c(c2)C[C@H](NC(=O)OC(C)(C)C)C(=O)N[C@@H](CCCNC(=O)OC(C)(C)C)C(=O)N1)NC(=O)OC(C)(C)C. The van der Waals surface area contributed by atoms with Gasteiger partial charge in [0.1, 0.15) is 58.1 Å². The van der Waals surface area contributed by atoms with Gasteiger partial charge in [-0.05, 0) is 189 Å². The molecule has 9 amide bonds. The fourth-order valence-corrected chi connectivity index (χ4v) is 8.40. The largest absolute Gasteiger partial charge is 0.508 e. The molecule has 4 bridgehead atoms. The Morgan fingerprint density at radius 2 is 1.10 bits per heavy atom. The summed E-state index contributed by atoms with van der Waals surface area (Å²) in [6.45, 7) is 25.0. The van der Waals surface area contributed by atoms with Gasteiger partial charge in [0.15, 0.2) is 0 Å². The van der Waals surface area contributed by atoms with Crippen molar-refractivity contribution in [2.45, 2.75) is 213 Å². The van der Waals surface area contributed by atoms with Gasteiger partial charge in [-0.2, -0.15) is 0 Å². The number of alkyl carbamates (subject to hydrolysis) is 4. The van der Waals surface area contributed by atoms with Gasteiger partial charge < -0.3 is 81.7 Å². The quantitative estimate of drug-likeness (QED) is 0.0536. The molecule has 25 nitrogen and oxygen atoms in total. The van der Waals surface area contributed by atoms with Crippen molar-refractivity contribution in [2.24, 2.45) is 0 Å². The number of phenolic OH excluding ortho intramolecular Hbond substituents is 2. The van der Waals surface area contributed by atoms with Crippen LogP contribution in [-0.2, 0) is 51.0 Å². The Bertz CT molecular complexity index is 2590. The summed E-state index contributed by atoms with van der Waals surface area (Å²) >= 11 is 0. The summed E-state index contributed by atoms with van der Waals surface area (Å²) in [5.41, 5.74) is -2.98. The normalized spacial score (nSPS) is 16.8. The summed E-state index contributed by atoms with van der Waals surface area (Å²) in [6.07, 6.45) is -4.82. The number of rotatable bonds is 19. The molecular formula is C58H91N9O16. The van der Waals surface area contributed by atoms with Crippen LogP contribution >= 0.6 is 0 Å². The minimum absolute atomic E-state index is 0.0380. The molecule has 0 unspecified atom stereocenters. The van der Waals surface area contributed by atoms with Crippen LogP contribution in [0.5, 0.6) is 11.5 Å². The lowest BCUT2D eigenvalue weighted by Gasteiger charge is -2.33. The number of carbonyl (C=O) groups excluding carboxylic acids is 8. The van der Waals surface area contributed by atoms with Gasteiger partial charge in [-0.25, -0.2) is 24.0 Å². The minimum atomic E-state index is -1.61. The number of fused-ring (bicyclic) bond motifs is 5. The maximum atomic E-state index is 15.0. The van der Waals surface area contributed by atoms with Gasteiger partial charge in [0.2, 0.25) is 23.6 Å². The van der Waals surface area contributed by atoms with E-state index in [1.54, 1.807) is 128 Å². The van der Waals surface area contributed by atoms with Crippen LogP contribution in [0.2, 0.25) is 0 Å². The molecule has 1 aliphatic heterocycles. The molecule has 2 aromatic carbocycles. The number of nitrogens with zero attached hydrogens (tertiary/aromatic N) is 1. The number of hydrogen-bond acceptors (Lipinski definition) is 15. The smallest absolute Gasteiger partial charge is 0.408 e. The van der Waals surface area contributed by atoms with Crippen molar-refractivity contribution in [3.63, 3.8) is 0 Å². The molecule has 83 heavy (non-hydrogen) atoms. The number of aromatic hydroxyl groups is 2. The lowest BCUT2D eigenvalue weighted by molar-refractivity contribution is -0.134. The molecule has 2 aromatic rings. The Hall–Kier alpha value is -7.73. The Kier molecular flexibility index (Phi) is 25.1. The zero-order chi connectivity index (χ0) is 62.8. The van der Waals surface area contributed by atoms with Crippen LogP contribution in [0.15, 0.2) is 36.4 Å². The van der Waals surface area contributed by atoms with Crippen LogP contribution in [0.3, 0.4) is 0 Å². The summed E-state index contributed by atoms with van der Waals surface area (Å²) < 4.78 is 21.7. The molecule has 1 heterocycles. The first-order valence-corrected chi connectivity index (χ1v) is 27.9. The maximum absolute atomic E-state index is 15.0. The first kappa shape index (κ1) is 69.5. The molecule has 0 aromatic heterocycles. The van der Waals surface area contributed by atoms with Crippen LogP contribution in [0.1, 0.15) is 154 Å². The first-order chi connectivity index (χ1) is 38.2. The van der Waals surface area contributed by atoms with Crippen LogP contribution in [-0.4, -0.2) is 159 Å². The molecule has 0 saturated carbocycles. The monoisotopic (exact) mass is 1170 g/mol. The summed E-state index contributed by atoms with van der Waals surface area (Å²) in [7, 11) is 0. The van der Waals surface area contributed by atoms with E-state index in [1.807, 2.05) is 0 Å². The van der Waals surface area contributed by atoms with Gasteiger partial charge >= 0.3 is 30.5 Å². The second-order valence-corrected chi connectivity index (χ2v) is 25.5. The third-order valence-corrected chi connectivity index (χ3v) is 12.1. The van der Waals surface area contributed by atoms with E-state index in [2.05, 4.69) is 42.5 Å². The van der Waals surface area contributed by atoms with Crippen LogP contribution in [0.25, 0.3) is 11.1 Å². The number of nitrogens with one attached hydrogen (secondary N) is 8. The van der Waals surface area contributed by atoms with Crippen LogP contribution in [0.4, 0.5) is 24.0 Å². The Morgan fingerprint density at radius 1 is 0.602 bits per heavy atom. The summed E-state index contributed by atoms with van der Waals surface area (Å²) in [6, 6.07) is 2.29. The van der Waals surface area contributed by atoms with Crippen molar-refractivity contribution in [3.05, 3.63) is 47.5 Å². The van der Waals surface area contributed by atoms with E-state index in [1.165, 1.54) is 17.0 Å². The number of ether oxygens (including phenoxy) is 4. The zero-order valence-electron chi connectivity index (χ0n) is 50.9. The van der Waals surface area contributed by atoms with Gasteiger partial charge in [0.25, 0.3) is 0 Å². The maximum Gasteiger partial charge on any atom is 0.408 e. The van der Waals surface area contributed by atoms with Crippen molar-refractivity contribution in [1.29, 1.82) is 0 Å². The molecule has 0 aliphatic carbocycles. The second-order valence-electron chi connectivity index (χ2n) is 25.5. The van der Waals surface area contributed by atoms with Crippen molar-refractivity contribution < 1.29 is 77.4 Å². The molecule has 0 fully saturated rings. The van der Waals surface area contributed by atoms with Crippen LogP contribution in [0, 0.1) is 0 Å². The van der Waals surface area contributed by atoms with Gasteiger partial charge in [0.05, 0.1) is 0 Å². The highest BCUT2D eigenvalue weighted by Crippen LogP contribution is 2.31. The molecule has 464 valence electrons. The average molecular weight is 1170 g/mol. The van der Waals surface area contributed by atoms with Gasteiger partial charge in [0, 0.05) is 50.6 Å². The number of carboxylic acid groups (broad SMARTS) is 1. The van der Waals surface area contributed by atoms with E-state index >= 15 is 0 Å². The predicted octanol–water partition coefficient (Wildman–Crippen LogP) is 6.39. The third kappa shape index (κ3) is 26.4. The van der Waals surface area contributed by atoms with Crippen molar-refractivity contribution in [1.82, 2.24) is 47.4 Å². The fraction of sp³-hybridized carbons (Fsp3) is 0.638. The lowest BCUT2D eigenvalue weighted by Crippen LogP contribution is -2.59. The highest BCUT2D eigenvalue weighted by Gasteiger charge is 2.35. The number of amides is 9. The average Bonchev–Trinajstić information content (AvgIpc) is 3.63. The highest BCUT2D eigenvalue weighted by molar-refractivity contribution is 5.96. The molecule has 0 saturated heterocycles. The van der Waals surface area contributed by atoms with E-state index in [0.29, 0.717) is 17.5 Å². The Morgan fingerprint density at radius 3 is 1.60 bits per heavy atom. The lowest BCUT2D eigenvalue weighted by atomic mass is 9.95. The molecule has 11 N–H and O–H groups in total. The topological polar surface area (TPSA) is 351 Å². The summed E-state index contributed by atoms with van der Waals surface area (Å²) in [5, 5.41) is 54.1. The number of phenols is 2. The van der Waals surface area contributed by atoms with Gasteiger partial charge in [-0.1, -0.05) is 12.1 Å². The van der Waals surface area contributed by atoms with Gasteiger partial charge in [-0.3, -0.25) is 19.2 Å². The summed E-state index contributed by atoms with van der Waals surface area (Å²) in [5.74, 6) is -4.03. The molecule has 5 atom stereocenters. The molecule has 25 heteroatoms. The van der Waals surface area contributed by atoms with Gasteiger partial charge in [-0.15, -0.1) is 0 Å². The highest BCUT2D eigenvalue weighted by atomic mass is 16.6. The standard InChI is InChI=1S/C58H91N9O16/c1-54(2,3)67(53(78)79)28-18-21-39(45(70)61-33-38(62-51(76)82-57(10,11)12)19-16-26-59-49(74)80-55(4,5)6)63-47(72)41-31-36-29-34(22-24-43(36)68)35-23-25-44(69)37(30-35)32-42(66-52(77)83-58(13,14)15)48(73)64-40(46(71)65-41)20-17-27-60-50(75)81-56(7,8)9/h22-25,29-30,38-42,68-69H,16-21,26-28,31-33H2,1-15H3,(H,59,74)(H,60,75)(H,61,70)(H,62,76)(H,63,72)(H,64,73)(H,65,71)(H,66,77)(H,78,79)/t38-,39-,40-,41-,42-/m0/s1. The summed E-state index contributed by atoms with van der Waals surface area (Å²) in [4.78, 5) is 124. The molecule has 3 rings (SSSR count). The number of hydrogen-bond donors (Lipinski definition) is 11. The predicted molar refractivity (Wildman–Crippen MR) is 308 cm³/mol. The van der Waals surface area contributed by atoms with Crippen LogP contribution < -0.4 is 42.5 Å². The molecular weight excluding hydrogens is 1080 g/mol. The number of carbonyl (C=O) groups is 9. The van der Waals surface area contributed by atoms with E-state index in [-0.39, 0.29) is 87.3 Å². The van der Waals surface area contributed by atoms with E-state index in [0.717, 1.165) is 0 Å². The van der Waals surface area contributed by atoms with E-state index in [9.17, 15) is 58.5 Å². The van der Waals surface area contributed by atoms with Crippen molar-refractivity contribution >= 4 is 54.1 Å². The molecule has 0 spiro atoms. The Balaban J connectivity index is 2.15. The number of benzene rings is 2. The van der Waals surface area contributed by atoms with E-state index < -0.39 is 119 Å². The molecule has 1 aliphatic rings. The zero-order valence-corrected chi connectivity index (χ0v) is 50.9. The first-order valence-electron chi connectivity index (χ1n) is 27.9. The minimum Gasteiger partial charge on any atom is -0.508 e. The van der Waals surface area contributed by atoms with Crippen molar-refractivity contribution in [2.75, 3.05) is 26.2 Å². The second kappa shape index (κ2) is 30.0. The van der Waals surface area contributed by atoms with E-state index in [4.69, 9.17) is 18.9 Å². The third-order valence-electron chi connectivity index (χ3n) is 12.1. The van der Waals surface area contributed by atoms with Crippen molar-refractivity contribution in [3.8, 4) is 22.6 Å².